The zero-order valence-electron chi connectivity index (χ0n) is 4.00. The normalized spacial score (nSPS) is 8.00. The van der Waals surface area contributed by atoms with Gasteiger partial charge < -0.3 is 0 Å². The predicted octanol–water partition coefficient (Wildman–Crippen LogP) is 0.988. The molecule has 3 heteroatoms. The molecular weight excluding hydrogens is 122 g/mol. The third kappa shape index (κ3) is 1.03. The monoisotopic (exact) mass is 125 g/mol. The summed E-state index contributed by atoms with van der Waals surface area (Å²) in [6.07, 6.45) is 2.96. The van der Waals surface area contributed by atoms with E-state index in [0.717, 1.165) is 0 Å². The first kappa shape index (κ1) is 5.22. The van der Waals surface area contributed by atoms with Crippen LogP contribution in [0, 0.1) is 0 Å². The number of thiazole rings is 1. The Kier molecular flexibility index (Phi) is 1.57. The van der Waals surface area contributed by atoms with Crippen molar-refractivity contribution in [3.05, 3.63) is 16.6 Å². The van der Waals surface area contributed by atoms with E-state index in [0.29, 0.717) is 5.01 Å². The van der Waals surface area contributed by atoms with Crippen LogP contribution in [0.15, 0.2) is 11.6 Å². The van der Waals surface area contributed by atoms with Crippen LogP contribution >= 0.6 is 11.3 Å². The van der Waals surface area contributed by atoms with Crippen LogP contribution in [-0.4, -0.2) is 10.9 Å². The molecule has 1 aromatic rings. The molecule has 0 saturated heterocycles. The number of carbonyl (C=O) groups excluding carboxylic acids is 1. The van der Waals surface area contributed by atoms with Crippen LogP contribution < -0.4 is 0 Å². The number of nitrogens with zero attached hydrogens (tertiary/aromatic N) is 1. The molecule has 0 saturated carbocycles. The Morgan fingerprint density at radius 3 is 3.25 bits per heavy atom. The second kappa shape index (κ2) is 2.40. The van der Waals surface area contributed by atoms with E-state index in [1.165, 1.54) is 17.4 Å². The molecule has 0 spiro atoms. The van der Waals surface area contributed by atoms with Crippen LogP contribution in [-0.2, 0) is 4.79 Å². The summed E-state index contributed by atoms with van der Waals surface area (Å²) in [4.78, 5) is 13.5. The maximum Gasteiger partial charge on any atom is 0.127 e. The minimum atomic E-state index is 0.708. The number of hydrogen-bond acceptors (Lipinski definition) is 3. The van der Waals surface area contributed by atoms with Crippen molar-refractivity contribution < 1.29 is 4.79 Å². The molecule has 1 rings (SSSR count). The molecule has 8 heavy (non-hydrogen) atoms. The van der Waals surface area contributed by atoms with Crippen molar-refractivity contribution in [2.45, 2.75) is 0 Å². The zero-order valence-corrected chi connectivity index (χ0v) is 4.81. The molecule has 0 amide bonds. The minimum Gasteiger partial charge on any atom is -0.244 e. The molecule has 0 atom stereocenters. The molecule has 1 heterocycles. The topological polar surface area (TPSA) is 30.0 Å². The summed E-state index contributed by atoms with van der Waals surface area (Å²) in [5.41, 5.74) is 0. The van der Waals surface area contributed by atoms with Gasteiger partial charge in [0.05, 0.1) is 6.08 Å². The van der Waals surface area contributed by atoms with Crippen molar-refractivity contribution >= 4 is 23.4 Å². The van der Waals surface area contributed by atoms with E-state index < -0.39 is 0 Å². The Labute approximate surface area is 50.5 Å². The fraction of sp³-hybridized carbons (Fsp3) is 0. The van der Waals surface area contributed by atoms with Crippen molar-refractivity contribution in [2.24, 2.45) is 0 Å². The lowest BCUT2D eigenvalue weighted by Gasteiger charge is -1.68. The van der Waals surface area contributed by atoms with Crippen molar-refractivity contribution in [1.82, 2.24) is 4.98 Å². The first-order chi connectivity index (χ1) is 3.93. The molecule has 0 aliphatic rings. The highest BCUT2D eigenvalue weighted by Gasteiger charge is 1.83. The number of hydrogen-bond donors (Lipinski definition) is 0. The van der Waals surface area contributed by atoms with E-state index in [9.17, 15) is 4.79 Å². The van der Waals surface area contributed by atoms with Gasteiger partial charge in [0.1, 0.15) is 10.9 Å². The largest absolute Gasteiger partial charge is 0.244 e. The van der Waals surface area contributed by atoms with E-state index in [1.54, 1.807) is 12.1 Å². The van der Waals surface area contributed by atoms with Gasteiger partial charge in [-0.1, -0.05) is 0 Å². The van der Waals surface area contributed by atoms with Crippen molar-refractivity contribution in [3.63, 3.8) is 0 Å². The van der Waals surface area contributed by atoms with Crippen LogP contribution in [0.2, 0.25) is 0 Å². The Hall–Kier alpha value is -0.920. The van der Waals surface area contributed by atoms with Gasteiger partial charge in [-0.2, -0.15) is 0 Å². The molecule has 0 fully saturated rings. The lowest BCUT2D eigenvalue weighted by Crippen LogP contribution is -1.61. The third-order valence-electron chi connectivity index (χ3n) is 0.634. The van der Waals surface area contributed by atoms with Crippen LogP contribution in [0.5, 0.6) is 0 Å². The van der Waals surface area contributed by atoms with Crippen molar-refractivity contribution in [3.8, 4) is 0 Å². The van der Waals surface area contributed by atoms with Gasteiger partial charge in [-0.15, -0.1) is 11.3 Å². The highest BCUT2D eigenvalue weighted by atomic mass is 32.1. The van der Waals surface area contributed by atoms with E-state index in [2.05, 4.69) is 4.98 Å². The van der Waals surface area contributed by atoms with Crippen molar-refractivity contribution in [1.29, 1.82) is 0 Å². The Bertz CT molecular complexity index is 198. The summed E-state index contributed by atoms with van der Waals surface area (Å²) >= 11 is 1.42. The summed E-state index contributed by atoms with van der Waals surface area (Å²) < 4.78 is 0. The minimum absolute atomic E-state index is 0.708. The summed E-state index contributed by atoms with van der Waals surface area (Å²) in [6, 6.07) is 0. The summed E-state index contributed by atoms with van der Waals surface area (Å²) in [5, 5.41) is 2.52. The fourth-order valence-electron chi connectivity index (χ4n) is 0.356. The summed E-state index contributed by atoms with van der Waals surface area (Å²) in [7, 11) is 0. The lowest BCUT2D eigenvalue weighted by molar-refractivity contribution is 0.570. The molecule has 2 nitrogen and oxygen atoms in total. The van der Waals surface area contributed by atoms with E-state index in [4.69, 9.17) is 0 Å². The van der Waals surface area contributed by atoms with E-state index >= 15 is 0 Å². The number of aromatic nitrogens is 1. The Morgan fingerprint density at radius 2 is 2.75 bits per heavy atom. The van der Waals surface area contributed by atoms with Crippen molar-refractivity contribution in [2.75, 3.05) is 0 Å². The first-order valence-electron chi connectivity index (χ1n) is 2.04. The van der Waals surface area contributed by atoms with Gasteiger partial charge in [-0.05, 0) is 0 Å². The van der Waals surface area contributed by atoms with Gasteiger partial charge >= 0.3 is 0 Å². The molecule has 1 aromatic heterocycles. The molecule has 40 valence electrons. The molecule has 0 aliphatic heterocycles. The first-order valence-corrected chi connectivity index (χ1v) is 2.92. The quantitative estimate of drug-likeness (QED) is 0.524. The van der Waals surface area contributed by atoms with Gasteiger partial charge in [-0.3, -0.25) is 0 Å². The second-order valence-corrected chi connectivity index (χ2v) is 2.06. The zero-order chi connectivity index (χ0) is 5.82. The molecule has 0 aliphatic carbocycles. The summed E-state index contributed by atoms with van der Waals surface area (Å²) in [6.45, 7) is 0. The van der Waals surface area contributed by atoms with Crippen LogP contribution in [0.3, 0.4) is 0 Å². The predicted molar refractivity (Wildman–Crippen MR) is 32.3 cm³/mol. The number of rotatable bonds is 1. The van der Waals surface area contributed by atoms with E-state index in [1.807, 2.05) is 5.38 Å². The highest BCUT2D eigenvalue weighted by molar-refractivity contribution is 7.10. The smallest absolute Gasteiger partial charge is 0.127 e. The standard InChI is InChI=1S/C5H3NOS/c7-3-1-5-6-2-4-8-5/h1-2,4H. The molecule has 0 unspecified atom stereocenters. The Morgan fingerprint density at radius 1 is 1.88 bits per heavy atom. The molecule has 0 aromatic carbocycles. The van der Waals surface area contributed by atoms with Gasteiger partial charge in [0.2, 0.25) is 0 Å². The van der Waals surface area contributed by atoms with Gasteiger partial charge in [-0.25, -0.2) is 9.78 Å². The molecule has 0 bridgehead atoms. The summed E-state index contributed by atoms with van der Waals surface area (Å²) in [5.74, 6) is 1.64. The highest BCUT2D eigenvalue weighted by Crippen LogP contribution is 2.02. The van der Waals surface area contributed by atoms with Gasteiger partial charge in [0.25, 0.3) is 0 Å². The van der Waals surface area contributed by atoms with Crippen LogP contribution in [0.25, 0.3) is 6.08 Å². The average Bonchev–Trinajstić information content (AvgIpc) is 2.19. The van der Waals surface area contributed by atoms with Gasteiger partial charge in [0, 0.05) is 11.6 Å². The molecular formula is C5H3NOS. The van der Waals surface area contributed by atoms with E-state index in [-0.39, 0.29) is 0 Å². The molecule has 0 N–H and O–H groups in total. The Balaban J connectivity index is 2.93. The second-order valence-electron chi connectivity index (χ2n) is 1.13. The van der Waals surface area contributed by atoms with Crippen LogP contribution in [0.1, 0.15) is 5.01 Å². The maximum atomic E-state index is 9.66. The molecule has 0 radical (unpaired) electrons. The SMILES string of the molecule is O=C=Cc1nccs1. The van der Waals surface area contributed by atoms with Gasteiger partial charge in [0.15, 0.2) is 0 Å². The average molecular weight is 125 g/mol. The third-order valence-corrected chi connectivity index (χ3v) is 1.36. The fourth-order valence-corrected chi connectivity index (χ4v) is 0.855. The lowest BCUT2D eigenvalue weighted by atomic mass is 10.7. The maximum absolute atomic E-state index is 9.66. The van der Waals surface area contributed by atoms with Crippen LogP contribution in [0.4, 0.5) is 0 Å².